The Morgan fingerprint density at radius 2 is 2.05 bits per heavy atom. The molecule has 3 N–H and O–H groups in total. The molecule has 1 aliphatic heterocycles. The Morgan fingerprint density at radius 3 is 2.70 bits per heavy atom. The van der Waals surface area contributed by atoms with Crippen molar-refractivity contribution in [3.05, 3.63) is 35.9 Å². The lowest BCUT2D eigenvalue weighted by atomic mass is 10.1. The van der Waals surface area contributed by atoms with Crippen molar-refractivity contribution in [2.45, 2.75) is 31.3 Å². The number of hydrogen-bond acceptors (Lipinski definition) is 4. The zero-order valence-corrected chi connectivity index (χ0v) is 12.1. The largest absolute Gasteiger partial charge is 0.351 e. The van der Waals surface area contributed by atoms with Gasteiger partial charge in [-0.05, 0) is 24.8 Å². The maximum Gasteiger partial charge on any atom is 0.237 e. The van der Waals surface area contributed by atoms with Crippen molar-refractivity contribution in [2.75, 3.05) is 11.5 Å². The number of nitrogens with two attached hydrogens (primary N) is 1. The van der Waals surface area contributed by atoms with Gasteiger partial charge in [0.25, 0.3) is 0 Å². The number of amides is 1. The van der Waals surface area contributed by atoms with E-state index in [4.69, 9.17) is 5.73 Å². The summed E-state index contributed by atoms with van der Waals surface area (Å²) >= 11 is 0. The van der Waals surface area contributed by atoms with E-state index >= 15 is 0 Å². The fourth-order valence-corrected chi connectivity index (χ4v) is 4.04. The lowest BCUT2D eigenvalue weighted by molar-refractivity contribution is -0.122. The lowest BCUT2D eigenvalue weighted by Crippen LogP contribution is -2.50. The molecule has 110 valence electrons. The van der Waals surface area contributed by atoms with E-state index in [1.54, 1.807) is 0 Å². The predicted molar refractivity (Wildman–Crippen MR) is 77.9 cm³/mol. The number of benzene rings is 1. The van der Waals surface area contributed by atoms with Gasteiger partial charge in [0, 0.05) is 6.04 Å². The highest BCUT2D eigenvalue weighted by Crippen LogP contribution is 2.12. The van der Waals surface area contributed by atoms with Gasteiger partial charge in [-0.15, -0.1) is 0 Å². The average Bonchev–Trinajstić information content (AvgIpc) is 2.38. The summed E-state index contributed by atoms with van der Waals surface area (Å²) < 4.78 is 23.0. The summed E-state index contributed by atoms with van der Waals surface area (Å²) in [5.41, 5.74) is 6.86. The Hall–Kier alpha value is -1.40. The van der Waals surface area contributed by atoms with Crippen molar-refractivity contribution in [3.63, 3.8) is 0 Å². The SMILES string of the molecule is N[C@H](Cc1ccccc1)C(=O)NC1CCCS(=O)(=O)C1. The molecule has 0 aromatic heterocycles. The highest BCUT2D eigenvalue weighted by atomic mass is 32.2. The summed E-state index contributed by atoms with van der Waals surface area (Å²) in [5.74, 6) is -0.0392. The van der Waals surface area contributed by atoms with Gasteiger partial charge in [0.2, 0.25) is 5.91 Å². The van der Waals surface area contributed by atoms with Crippen molar-refractivity contribution in [3.8, 4) is 0 Å². The first-order chi connectivity index (χ1) is 9.46. The van der Waals surface area contributed by atoms with E-state index in [0.717, 1.165) is 5.56 Å². The third-order valence-corrected chi connectivity index (χ3v) is 5.27. The maximum absolute atomic E-state index is 12.0. The van der Waals surface area contributed by atoms with Gasteiger partial charge in [-0.3, -0.25) is 4.79 Å². The van der Waals surface area contributed by atoms with Gasteiger partial charge in [0.05, 0.1) is 17.5 Å². The van der Waals surface area contributed by atoms with E-state index in [9.17, 15) is 13.2 Å². The monoisotopic (exact) mass is 296 g/mol. The van der Waals surface area contributed by atoms with E-state index in [-0.39, 0.29) is 23.5 Å². The summed E-state index contributed by atoms with van der Waals surface area (Å²) in [7, 11) is -3.02. The number of nitrogens with one attached hydrogen (secondary N) is 1. The minimum atomic E-state index is -3.02. The lowest BCUT2D eigenvalue weighted by Gasteiger charge is -2.24. The Morgan fingerprint density at radius 1 is 1.35 bits per heavy atom. The van der Waals surface area contributed by atoms with E-state index in [1.165, 1.54) is 0 Å². The number of sulfone groups is 1. The Labute approximate surface area is 119 Å². The molecule has 1 heterocycles. The van der Waals surface area contributed by atoms with Crippen LogP contribution >= 0.6 is 0 Å². The van der Waals surface area contributed by atoms with Gasteiger partial charge in [-0.1, -0.05) is 30.3 Å². The van der Waals surface area contributed by atoms with E-state index in [1.807, 2.05) is 30.3 Å². The van der Waals surface area contributed by atoms with Crippen LogP contribution in [0.3, 0.4) is 0 Å². The van der Waals surface area contributed by atoms with Crippen LogP contribution in [-0.2, 0) is 21.1 Å². The highest BCUT2D eigenvalue weighted by molar-refractivity contribution is 7.91. The molecule has 1 amide bonds. The molecule has 0 aliphatic carbocycles. The summed E-state index contributed by atoms with van der Waals surface area (Å²) in [6, 6.07) is 8.57. The molecule has 1 aromatic carbocycles. The smallest absolute Gasteiger partial charge is 0.237 e. The molecule has 1 unspecified atom stereocenters. The number of carbonyl (C=O) groups excluding carboxylic acids is 1. The van der Waals surface area contributed by atoms with Gasteiger partial charge in [-0.2, -0.15) is 0 Å². The van der Waals surface area contributed by atoms with Gasteiger partial charge in [0.15, 0.2) is 9.84 Å². The van der Waals surface area contributed by atoms with E-state index in [2.05, 4.69) is 5.32 Å². The quantitative estimate of drug-likeness (QED) is 0.833. The minimum absolute atomic E-state index is 0.0246. The van der Waals surface area contributed by atoms with Crippen LogP contribution < -0.4 is 11.1 Å². The molecule has 0 spiro atoms. The molecule has 0 bridgehead atoms. The summed E-state index contributed by atoms with van der Waals surface area (Å²) in [5, 5.41) is 2.75. The molecule has 1 aliphatic rings. The van der Waals surface area contributed by atoms with Crippen LogP contribution in [0.2, 0.25) is 0 Å². The first-order valence-corrected chi connectivity index (χ1v) is 8.59. The molecule has 1 saturated heterocycles. The van der Waals surface area contributed by atoms with Gasteiger partial charge in [-0.25, -0.2) is 8.42 Å². The number of hydrogen-bond donors (Lipinski definition) is 2. The summed E-state index contributed by atoms with van der Waals surface area (Å²) in [4.78, 5) is 12.0. The Kier molecular flexibility index (Phi) is 4.77. The van der Waals surface area contributed by atoms with Crippen molar-refractivity contribution in [1.82, 2.24) is 5.32 Å². The molecule has 5 nitrogen and oxygen atoms in total. The van der Waals surface area contributed by atoms with Crippen molar-refractivity contribution in [1.29, 1.82) is 0 Å². The normalized spacial score (nSPS) is 22.9. The van der Waals surface area contributed by atoms with Crippen LogP contribution in [0.15, 0.2) is 30.3 Å². The summed E-state index contributed by atoms with van der Waals surface area (Å²) in [6.45, 7) is 0. The molecular formula is C14H20N2O3S. The zero-order valence-electron chi connectivity index (χ0n) is 11.3. The Bertz CT molecular complexity index is 557. The van der Waals surface area contributed by atoms with Crippen molar-refractivity contribution < 1.29 is 13.2 Å². The van der Waals surface area contributed by atoms with Gasteiger partial charge >= 0.3 is 0 Å². The summed E-state index contributed by atoms with van der Waals surface area (Å²) in [6.07, 6.45) is 1.75. The third kappa shape index (κ3) is 4.31. The van der Waals surface area contributed by atoms with Crippen LogP contribution in [0.5, 0.6) is 0 Å². The number of carbonyl (C=O) groups is 1. The maximum atomic E-state index is 12.0. The second kappa shape index (κ2) is 6.37. The molecule has 0 radical (unpaired) electrons. The second-order valence-corrected chi connectivity index (χ2v) is 7.49. The number of rotatable bonds is 4. The van der Waals surface area contributed by atoms with E-state index < -0.39 is 15.9 Å². The van der Waals surface area contributed by atoms with E-state index in [0.29, 0.717) is 19.3 Å². The second-order valence-electron chi connectivity index (χ2n) is 5.26. The highest BCUT2D eigenvalue weighted by Gasteiger charge is 2.27. The first-order valence-electron chi connectivity index (χ1n) is 6.76. The van der Waals surface area contributed by atoms with Gasteiger partial charge in [0.1, 0.15) is 0 Å². The fraction of sp³-hybridized carbons (Fsp3) is 0.500. The first kappa shape index (κ1) is 15.0. The van der Waals surface area contributed by atoms with Gasteiger partial charge < -0.3 is 11.1 Å². The van der Waals surface area contributed by atoms with Crippen LogP contribution in [0.1, 0.15) is 18.4 Å². The third-order valence-electron chi connectivity index (χ3n) is 3.44. The van der Waals surface area contributed by atoms with Crippen LogP contribution in [-0.4, -0.2) is 37.9 Å². The molecule has 0 saturated carbocycles. The molecule has 6 heteroatoms. The molecule has 1 aromatic rings. The standard InChI is InChI=1S/C14H20N2O3S/c15-13(9-11-5-2-1-3-6-11)14(17)16-12-7-4-8-20(18,19)10-12/h1-3,5-6,12-13H,4,7-10,15H2,(H,16,17)/t12?,13-/m1/s1. The van der Waals surface area contributed by atoms with Crippen LogP contribution in [0.25, 0.3) is 0 Å². The van der Waals surface area contributed by atoms with Crippen molar-refractivity contribution in [2.24, 2.45) is 5.73 Å². The van der Waals surface area contributed by atoms with Crippen LogP contribution in [0.4, 0.5) is 0 Å². The fourth-order valence-electron chi connectivity index (χ4n) is 2.41. The molecule has 2 atom stereocenters. The molecule has 20 heavy (non-hydrogen) atoms. The molecule has 1 fully saturated rings. The van der Waals surface area contributed by atoms with Crippen LogP contribution in [0, 0.1) is 0 Å². The molecule has 2 rings (SSSR count). The topological polar surface area (TPSA) is 89.3 Å². The average molecular weight is 296 g/mol. The predicted octanol–water partition coefficient (Wildman–Crippen LogP) is 0.250. The zero-order chi connectivity index (χ0) is 14.6. The minimum Gasteiger partial charge on any atom is -0.351 e. The van der Waals surface area contributed by atoms with Crippen molar-refractivity contribution >= 4 is 15.7 Å². The Balaban J connectivity index is 1.88. The molecular weight excluding hydrogens is 276 g/mol.